The number of nitrogen functional groups attached to an aromatic ring is 1. The van der Waals surface area contributed by atoms with Gasteiger partial charge in [-0.15, -0.1) is 0 Å². The number of rotatable bonds is 5. The van der Waals surface area contributed by atoms with Crippen LogP contribution in [0.25, 0.3) is 0 Å². The summed E-state index contributed by atoms with van der Waals surface area (Å²) in [6, 6.07) is 5.22. The van der Waals surface area contributed by atoms with Gasteiger partial charge in [-0.2, -0.15) is 0 Å². The number of carbonyl (C=O) groups is 1. The van der Waals surface area contributed by atoms with Crippen molar-refractivity contribution in [1.29, 1.82) is 0 Å². The molecule has 2 rings (SSSR count). The Kier molecular flexibility index (Phi) is 4.02. The molecule has 0 aliphatic carbocycles. The van der Waals surface area contributed by atoms with Crippen LogP contribution in [0.5, 0.6) is 0 Å². The summed E-state index contributed by atoms with van der Waals surface area (Å²) in [6.07, 6.45) is 5.41. The molecule has 0 unspecified atom stereocenters. The Morgan fingerprint density at radius 2 is 2.32 bits per heavy atom. The van der Waals surface area contributed by atoms with Gasteiger partial charge < -0.3 is 20.9 Å². The number of carbonyl (C=O) groups excluding carboxylic acids is 1. The Bertz CT molecular complexity index is 550. The SMILES string of the molecule is CNC(=O)c1ccc(NCCn2ccnc2)c(N)c1. The lowest BCUT2D eigenvalue weighted by molar-refractivity contribution is 0.0963. The van der Waals surface area contributed by atoms with E-state index in [9.17, 15) is 4.79 Å². The van der Waals surface area contributed by atoms with Crippen molar-refractivity contribution >= 4 is 17.3 Å². The summed E-state index contributed by atoms with van der Waals surface area (Å²) in [5.74, 6) is -0.142. The maximum atomic E-state index is 11.4. The Morgan fingerprint density at radius 3 is 2.95 bits per heavy atom. The maximum Gasteiger partial charge on any atom is 0.251 e. The molecule has 0 radical (unpaired) electrons. The molecule has 0 bridgehead atoms. The van der Waals surface area contributed by atoms with Gasteiger partial charge in [0, 0.05) is 38.1 Å². The monoisotopic (exact) mass is 259 g/mol. The molecule has 2 aromatic rings. The minimum Gasteiger partial charge on any atom is -0.397 e. The Balaban J connectivity index is 1.95. The van der Waals surface area contributed by atoms with Crippen LogP contribution in [-0.4, -0.2) is 29.1 Å². The molecule has 0 aliphatic rings. The number of hydrogen-bond acceptors (Lipinski definition) is 4. The zero-order valence-electron chi connectivity index (χ0n) is 10.8. The van der Waals surface area contributed by atoms with E-state index in [1.165, 1.54) is 0 Å². The lowest BCUT2D eigenvalue weighted by Gasteiger charge is -2.11. The summed E-state index contributed by atoms with van der Waals surface area (Å²) in [5.41, 5.74) is 7.86. The summed E-state index contributed by atoms with van der Waals surface area (Å²) in [4.78, 5) is 15.4. The summed E-state index contributed by atoms with van der Waals surface area (Å²) < 4.78 is 1.97. The maximum absolute atomic E-state index is 11.4. The van der Waals surface area contributed by atoms with E-state index in [4.69, 9.17) is 5.73 Å². The number of nitrogens with zero attached hydrogens (tertiary/aromatic N) is 2. The zero-order valence-corrected chi connectivity index (χ0v) is 10.8. The number of anilines is 2. The van der Waals surface area contributed by atoms with E-state index < -0.39 is 0 Å². The molecule has 4 N–H and O–H groups in total. The number of imidazole rings is 1. The second-order valence-corrected chi connectivity index (χ2v) is 4.11. The molecule has 19 heavy (non-hydrogen) atoms. The van der Waals surface area contributed by atoms with Crippen molar-refractivity contribution in [1.82, 2.24) is 14.9 Å². The highest BCUT2D eigenvalue weighted by atomic mass is 16.1. The lowest BCUT2D eigenvalue weighted by atomic mass is 10.1. The molecule has 1 aromatic heterocycles. The normalized spacial score (nSPS) is 10.2. The largest absolute Gasteiger partial charge is 0.397 e. The molecule has 0 atom stereocenters. The molecule has 0 saturated carbocycles. The summed E-state index contributed by atoms with van der Waals surface area (Å²) in [5, 5.41) is 5.79. The number of aromatic nitrogens is 2. The van der Waals surface area contributed by atoms with Crippen molar-refractivity contribution < 1.29 is 4.79 Å². The van der Waals surface area contributed by atoms with Gasteiger partial charge in [0.1, 0.15) is 0 Å². The third kappa shape index (κ3) is 3.25. The quantitative estimate of drug-likeness (QED) is 0.698. The highest BCUT2D eigenvalue weighted by Gasteiger charge is 2.05. The molecule has 1 heterocycles. The van der Waals surface area contributed by atoms with Crippen molar-refractivity contribution in [2.24, 2.45) is 0 Å². The minimum atomic E-state index is -0.142. The first-order valence-electron chi connectivity index (χ1n) is 6.02. The standard InChI is InChI=1S/C13H17N5O/c1-15-13(19)10-2-3-12(11(14)8-10)17-5-7-18-6-4-16-9-18/h2-4,6,8-9,17H,5,7,14H2,1H3,(H,15,19). The van der Waals surface area contributed by atoms with Crippen LogP contribution in [0.3, 0.4) is 0 Å². The number of hydrogen-bond donors (Lipinski definition) is 3. The first kappa shape index (κ1) is 12.9. The molecular weight excluding hydrogens is 242 g/mol. The van der Waals surface area contributed by atoms with Crippen LogP contribution in [0.15, 0.2) is 36.9 Å². The molecule has 1 aromatic carbocycles. The van der Waals surface area contributed by atoms with E-state index >= 15 is 0 Å². The minimum absolute atomic E-state index is 0.142. The first-order valence-corrected chi connectivity index (χ1v) is 6.02. The Labute approximate surface area is 111 Å². The number of nitrogens with two attached hydrogens (primary N) is 1. The fraction of sp³-hybridized carbons (Fsp3) is 0.231. The van der Waals surface area contributed by atoms with E-state index in [1.807, 2.05) is 16.8 Å². The van der Waals surface area contributed by atoms with Crippen LogP contribution < -0.4 is 16.4 Å². The van der Waals surface area contributed by atoms with Gasteiger partial charge in [-0.25, -0.2) is 4.98 Å². The lowest BCUT2D eigenvalue weighted by Crippen LogP contribution is -2.18. The highest BCUT2D eigenvalue weighted by molar-refractivity contribution is 5.95. The average Bonchev–Trinajstić information content (AvgIpc) is 2.93. The van der Waals surface area contributed by atoms with E-state index in [2.05, 4.69) is 15.6 Å². The van der Waals surface area contributed by atoms with Gasteiger partial charge in [0.05, 0.1) is 17.7 Å². The van der Waals surface area contributed by atoms with Gasteiger partial charge >= 0.3 is 0 Å². The molecule has 0 aliphatic heterocycles. The molecular formula is C13H17N5O. The second-order valence-electron chi connectivity index (χ2n) is 4.11. The van der Waals surface area contributed by atoms with E-state index in [0.717, 1.165) is 18.8 Å². The molecule has 0 fully saturated rings. The van der Waals surface area contributed by atoms with Crippen LogP contribution in [0.4, 0.5) is 11.4 Å². The molecule has 6 nitrogen and oxygen atoms in total. The molecule has 1 amide bonds. The third-order valence-electron chi connectivity index (χ3n) is 2.79. The van der Waals surface area contributed by atoms with Crippen LogP contribution in [-0.2, 0) is 6.54 Å². The van der Waals surface area contributed by atoms with Gasteiger partial charge in [-0.3, -0.25) is 4.79 Å². The predicted molar refractivity (Wildman–Crippen MR) is 75.0 cm³/mol. The van der Waals surface area contributed by atoms with Crippen molar-refractivity contribution in [3.63, 3.8) is 0 Å². The number of benzene rings is 1. The zero-order chi connectivity index (χ0) is 13.7. The molecule has 6 heteroatoms. The van der Waals surface area contributed by atoms with Crippen molar-refractivity contribution in [2.75, 3.05) is 24.6 Å². The van der Waals surface area contributed by atoms with Gasteiger partial charge in [0.25, 0.3) is 5.91 Å². The Morgan fingerprint density at radius 1 is 1.47 bits per heavy atom. The predicted octanol–water partition coefficient (Wildman–Crippen LogP) is 0.937. The Hall–Kier alpha value is -2.50. The second kappa shape index (κ2) is 5.90. The first-order chi connectivity index (χ1) is 9.20. The van der Waals surface area contributed by atoms with Crippen LogP contribution >= 0.6 is 0 Å². The fourth-order valence-corrected chi connectivity index (χ4v) is 1.75. The topological polar surface area (TPSA) is 85.0 Å². The van der Waals surface area contributed by atoms with E-state index in [1.54, 1.807) is 31.7 Å². The van der Waals surface area contributed by atoms with Gasteiger partial charge in [-0.05, 0) is 18.2 Å². The average molecular weight is 259 g/mol. The molecule has 0 saturated heterocycles. The van der Waals surface area contributed by atoms with E-state index in [-0.39, 0.29) is 5.91 Å². The third-order valence-corrected chi connectivity index (χ3v) is 2.79. The van der Waals surface area contributed by atoms with Crippen molar-refractivity contribution in [3.05, 3.63) is 42.5 Å². The van der Waals surface area contributed by atoms with Crippen molar-refractivity contribution in [2.45, 2.75) is 6.54 Å². The van der Waals surface area contributed by atoms with Gasteiger partial charge in [-0.1, -0.05) is 0 Å². The van der Waals surface area contributed by atoms with Crippen LogP contribution in [0.1, 0.15) is 10.4 Å². The summed E-state index contributed by atoms with van der Waals surface area (Å²) >= 11 is 0. The van der Waals surface area contributed by atoms with Gasteiger partial charge in [0.15, 0.2) is 0 Å². The van der Waals surface area contributed by atoms with Gasteiger partial charge in [0.2, 0.25) is 0 Å². The summed E-state index contributed by atoms with van der Waals surface area (Å²) in [6.45, 7) is 1.54. The molecule has 0 spiro atoms. The molecule has 100 valence electrons. The van der Waals surface area contributed by atoms with E-state index in [0.29, 0.717) is 11.3 Å². The van der Waals surface area contributed by atoms with Crippen molar-refractivity contribution in [3.8, 4) is 0 Å². The fourth-order valence-electron chi connectivity index (χ4n) is 1.75. The number of amides is 1. The number of nitrogens with one attached hydrogen (secondary N) is 2. The highest BCUT2D eigenvalue weighted by Crippen LogP contribution is 2.19. The van der Waals surface area contributed by atoms with Crippen LogP contribution in [0, 0.1) is 0 Å². The van der Waals surface area contributed by atoms with Crippen LogP contribution in [0.2, 0.25) is 0 Å². The summed E-state index contributed by atoms with van der Waals surface area (Å²) in [7, 11) is 1.59. The smallest absolute Gasteiger partial charge is 0.251 e.